The fourth-order valence-electron chi connectivity index (χ4n) is 2.87. The Morgan fingerprint density at radius 3 is 2.32 bits per heavy atom. The molecule has 0 heterocycles. The molecule has 0 radical (unpaired) electrons. The van der Waals surface area contributed by atoms with Crippen molar-refractivity contribution in [2.24, 2.45) is 0 Å². The molecule has 3 aromatic rings. The van der Waals surface area contributed by atoms with Gasteiger partial charge in [0.25, 0.3) is 0 Å². The molecule has 3 aromatic carbocycles. The minimum atomic E-state index is 0.0271. The summed E-state index contributed by atoms with van der Waals surface area (Å²) in [7, 11) is 0. The molecule has 1 aliphatic rings. The van der Waals surface area contributed by atoms with Crippen LogP contribution in [0.1, 0.15) is 15.9 Å². The van der Waals surface area contributed by atoms with E-state index in [0.29, 0.717) is 11.1 Å². The van der Waals surface area contributed by atoms with Gasteiger partial charge in [-0.2, -0.15) is 0 Å². The number of hydrogen-bond donors (Lipinski definition) is 1. The van der Waals surface area contributed by atoms with Crippen molar-refractivity contribution in [2.45, 2.75) is 0 Å². The van der Waals surface area contributed by atoms with E-state index in [-0.39, 0.29) is 11.5 Å². The SMILES string of the molecule is O=C1c2ccccc2-c2c(O)ccc3cccc1c23. The summed E-state index contributed by atoms with van der Waals surface area (Å²) in [6.07, 6.45) is 0. The molecule has 1 aliphatic carbocycles. The monoisotopic (exact) mass is 246 g/mol. The van der Waals surface area contributed by atoms with Crippen LogP contribution in [-0.2, 0) is 0 Å². The summed E-state index contributed by atoms with van der Waals surface area (Å²) >= 11 is 0. The average Bonchev–Trinajstić information content (AvgIpc) is 2.45. The predicted octanol–water partition coefficient (Wildman–Crippen LogP) is 3.76. The zero-order chi connectivity index (χ0) is 13.0. The largest absolute Gasteiger partial charge is 0.507 e. The van der Waals surface area contributed by atoms with Gasteiger partial charge in [0.05, 0.1) is 0 Å². The molecular weight excluding hydrogens is 236 g/mol. The molecule has 0 aromatic heterocycles. The van der Waals surface area contributed by atoms with Gasteiger partial charge in [0.2, 0.25) is 0 Å². The highest BCUT2D eigenvalue weighted by Crippen LogP contribution is 2.43. The Labute approximate surface area is 109 Å². The van der Waals surface area contributed by atoms with E-state index in [9.17, 15) is 9.90 Å². The van der Waals surface area contributed by atoms with Gasteiger partial charge in [-0.05, 0) is 17.0 Å². The van der Waals surface area contributed by atoms with E-state index in [2.05, 4.69) is 0 Å². The number of carbonyl (C=O) groups excluding carboxylic acids is 1. The molecule has 0 fully saturated rings. The van der Waals surface area contributed by atoms with E-state index in [1.807, 2.05) is 48.5 Å². The Morgan fingerprint density at radius 1 is 0.737 bits per heavy atom. The number of fused-ring (bicyclic) bond motifs is 2. The number of hydrogen-bond acceptors (Lipinski definition) is 2. The van der Waals surface area contributed by atoms with E-state index >= 15 is 0 Å². The van der Waals surface area contributed by atoms with Gasteiger partial charge in [-0.25, -0.2) is 0 Å². The van der Waals surface area contributed by atoms with E-state index in [1.54, 1.807) is 6.07 Å². The smallest absolute Gasteiger partial charge is 0.194 e. The molecule has 19 heavy (non-hydrogen) atoms. The Kier molecular flexibility index (Phi) is 1.88. The average molecular weight is 246 g/mol. The van der Waals surface area contributed by atoms with Crippen molar-refractivity contribution in [1.29, 1.82) is 0 Å². The fraction of sp³-hybridized carbons (Fsp3) is 0. The maximum absolute atomic E-state index is 12.5. The van der Waals surface area contributed by atoms with Crippen LogP contribution < -0.4 is 0 Å². The van der Waals surface area contributed by atoms with Crippen molar-refractivity contribution < 1.29 is 9.90 Å². The molecule has 0 atom stereocenters. The second-order valence-corrected chi connectivity index (χ2v) is 4.74. The second-order valence-electron chi connectivity index (χ2n) is 4.74. The topological polar surface area (TPSA) is 37.3 Å². The summed E-state index contributed by atoms with van der Waals surface area (Å²) in [5.74, 6) is 0.249. The summed E-state index contributed by atoms with van der Waals surface area (Å²) < 4.78 is 0. The third-order valence-electron chi connectivity index (χ3n) is 3.71. The first-order valence-electron chi connectivity index (χ1n) is 6.16. The number of ketones is 1. The molecule has 0 unspecified atom stereocenters. The molecule has 2 nitrogen and oxygen atoms in total. The van der Waals surface area contributed by atoms with Gasteiger partial charge in [0.1, 0.15) is 5.75 Å². The highest BCUT2D eigenvalue weighted by Gasteiger charge is 2.26. The van der Waals surface area contributed by atoms with Gasteiger partial charge in [-0.15, -0.1) is 0 Å². The Morgan fingerprint density at radius 2 is 1.47 bits per heavy atom. The van der Waals surface area contributed by atoms with Crippen LogP contribution >= 0.6 is 0 Å². The molecule has 90 valence electrons. The van der Waals surface area contributed by atoms with Crippen LogP contribution in [0.25, 0.3) is 21.9 Å². The molecule has 0 spiro atoms. The number of benzene rings is 3. The van der Waals surface area contributed by atoms with Gasteiger partial charge in [0, 0.05) is 22.1 Å². The lowest BCUT2D eigenvalue weighted by Gasteiger charge is -2.20. The van der Waals surface area contributed by atoms with Crippen LogP contribution in [0.3, 0.4) is 0 Å². The summed E-state index contributed by atoms with van der Waals surface area (Å²) in [4.78, 5) is 12.5. The number of aromatic hydroxyl groups is 1. The third kappa shape index (κ3) is 1.23. The second kappa shape index (κ2) is 3.45. The van der Waals surface area contributed by atoms with Gasteiger partial charge in [-0.1, -0.05) is 48.5 Å². The maximum Gasteiger partial charge on any atom is 0.194 e. The van der Waals surface area contributed by atoms with Gasteiger partial charge >= 0.3 is 0 Å². The van der Waals surface area contributed by atoms with E-state index in [1.165, 1.54) is 0 Å². The van der Waals surface area contributed by atoms with Crippen LogP contribution in [0.2, 0.25) is 0 Å². The third-order valence-corrected chi connectivity index (χ3v) is 3.71. The summed E-state index contributed by atoms with van der Waals surface area (Å²) in [6, 6.07) is 16.6. The minimum absolute atomic E-state index is 0.0271. The lowest BCUT2D eigenvalue weighted by molar-refractivity contribution is 0.104. The highest BCUT2D eigenvalue weighted by molar-refractivity contribution is 6.26. The standard InChI is InChI=1S/C17H10O2/c18-14-9-8-10-4-3-7-13-15(10)16(14)11-5-1-2-6-12(11)17(13)19/h1-9,18H. The first kappa shape index (κ1) is 10.3. The molecular formula is C17H10O2. The van der Waals surface area contributed by atoms with Crippen LogP contribution in [-0.4, -0.2) is 10.9 Å². The Balaban J connectivity index is 2.31. The molecule has 0 bridgehead atoms. The molecule has 1 N–H and O–H groups in total. The molecule has 0 saturated carbocycles. The minimum Gasteiger partial charge on any atom is -0.507 e. The highest BCUT2D eigenvalue weighted by atomic mass is 16.3. The molecule has 0 saturated heterocycles. The van der Waals surface area contributed by atoms with Crippen molar-refractivity contribution in [3.63, 3.8) is 0 Å². The molecule has 0 amide bonds. The molecule has 0 aliphatic heterocycles. The van der Waals surface area contributed by atoms with Crippen molar-refractivity contribution >= 4 is 16.6 Å². The Hall–Kier alpha value is -2.61. The van der Waals surface area contributed by atoms with Crippen molar-refractivity contribution in [3.8, 4) is 16.9 Å². The number of rotatable bonds is 0. The van der Waals surface area contributed by atoms with Crippen molar-refractivity contribution in [2.75, 3.05) is 0 Å². The van der Waals surface area contributed by atoms with Gasteiger partial charge < -0.3 is 5.11 Å². The summed E-state index contributed by atoms with van der Waals surface area (Å²) in [5, 5.41) is 12.0. The summed E-state index contributed by atoms with van der Waals surface area (Å²) in [6.45, 7) is 0. The quantitative estimate of drug-likeness (QED) is 0.513. The number of phenolic OH excluding ortho intramolecular Hbond substituents is 1. The summed E-state index contributed by atoms with van der Waals surface area (Å²) in [5.41, 5.74) is 2.91. The first-order chi connectivity index (χ1) is 9.27. The van der Waals surface area contributed by atoms with Gasteiger partial charge in [-0.3, -0.25) is 4.79 Å². The first-order valence-corrected chi connectivity index (χ1v) is 6.16. The zero-order valence-electron chi connectivity index (χ0n) is 10.1. The fourth-order valence-corrected chi connectivity index (χ4v) is 2.87. The molecule has 4 rings (SSSR count). The predicted molar refractivity (Wildman–Crippen MR) is 74.5 cm³/mol. The Bertz CT molecular complexity index is 847. The molecule has 2 heteroatoms. The van der Waals surface area contributed by atoms with Crippen LogP contribution in [0.15, 0.2) is 54.6 Å². The van der Waals surface area contributed by atoms with Crippen LogP contribution in [0.5, 0.6) is 5.75 Å². The lowest BCUT2D eigenvalue weighted by atomic mass is 9.82. The zero-order valence-corrected chi connectivity index (χ0v) is 10.1. The number of carbonyl (C=O) groups is 1. The van der Waals surface area contributed by atoms with E-state index in [0.717, 1.165) is 21.9 Å². The van der Waals surface area contributed by atoms with Crippen molar-refractivity contribution in [3.05, 3.63) is 65.7 Å². The van der Waals surface area contributed by atoms with E-state index in [4.69, 9.17) is 0 Å². The van der Waals surface area contributed by atoms with Crippen LogP contribution in [0, 0.1) is 0 Å². The van der Waals surface area contributed by atoms with E-state index < -0.39 is 0 Å². The maximum atomic E-state index is 12.5. The van der Waals surface area contributed by atoms with Crippen LogP contribution in [0.4, 0.5) is 0 Å². The van der Waals surface area contributed by atoms with Crippen molar-refractivity contribution in [1.82, 2.24) is 0 Å². The van der Waals surface area contributed by atoms with Gasteiger partial charge in [0.15, 0.2) is 5.78 Å². The number of phenols is 1. The normalized spacial score (nSPS) is 12.5. The lowest BCUT2D eigenvalue weighted by Crippen LogP contribution is -2.09.